The lowest BCUT2D eigenvalue weighted by Gasteiger charge is -2.23. The van der Waals surface area contributed by atoms with Crippen LogP contribution < -0.4 is 11.1 Å². The largest absolute Gasteiger partial charge is 0.368 e. The van der Waals surface area contributed by atoms with E-state index in [9.17, 15) is 13.6 Å². The number of hydrogen-bond acceptors (Lipinski definition) is 2. The van der Waals surface area contributed by atoms with Crippen LogP contribution in [0.4, 0.5) is 8.78 Å². The van der Waals surface area contributed by atoms with Crippen LogP contribution in [-0.4, -0.2) is 11.9 Å². The standard InChI is InChI=1S/C16H22F2N2O/c17-15(18)12-7-5-6-11(10-12)14(16(19)21)20-13-8-3-1-2-4-9-13/h5-7,10,13-15,20H,1-4,8-9H2,(H2,19,21). The molecular weight excluding hydrogens is 274 g/mol. The first-order valence-corrected chi connectivity index (χ1v) is 7.51. The van der Waals surface area contributed by atoms with E-state index in [-0.39, 0.29) is 11.6 Å². The van der Waals surface area contributed by atoms with Crippen molar-refractivity contribution in [1.82, 2.24) is 5.32 Å². The zero-order valence-corrected chi connectivity index (χ0v) is 12.0. The number of nitrogens with one attached hydrogen (secondary N) is 1. The maximum atomic E-state index is 12.8. The van der Waals surface area contributed by atoms with Crippen LogP contribution in [0.5, 0.6) is 0 Å². The number of primary amides is 1. The van der Waals surface area contributed by atoms with Gasteiger partial charge in [0.2, 0.25) is 5.91 Å². The van der Waals surface area contributed by atoms with E-state index in [1.54, 1.807) is 12.1 Å². The van der Waals surface area contributed by atoms with Gasteiger partial charge >= 0.3 is 0 Å². The normalized spacial score (nSPS) is 18.4. The molecule has 2 rings (SSSR count). The highest BCUT2D eigenvalue weighted by atomic mass is 19.3. The molecule has 0 spiro atoms. The third-order valence-electron chi connectivity index (χ3n) is 4.04. The van der Waals surface area contributed by atoms with Gasteiger partial charge in [-0.3, -0.25) is 10.1 Å². The summed E-state index contributed by atoms with van der Waals surface area (Å²) in [6.07, 6.45) is 4.12. The molecule has 0 heterocycles. The minimum Gasteiger partial charge on any atom is -0.368 e. The highest BCUT2D eigenvalue weighted by Gasteiger charge is 2.23. The molecule has 1 aromatic carbocycles. The topological polar surface area (TPSA) is 55.1 Å². The summed E-state index contributed by atoms with van der Waals surface area (Å²) in [5, 5.41) is 3.26. The lowest BCUT2D eigenvalue weighted by molar-refractivity contribution is -0.120. The van der Waals surface area contributed by atoms with Crippen LogP contribution in [0.1, 0.15) is 62.1 Å². The first-order chi connectivity index (χ1) is 10.1. The van der Waals surface area contributed by atoms with Crippen LogP contribution >= 0.6 is 0 Å². The second kappa shape index (κ2) is 7.50. The van der Waals surface area contributed by atoms with Crippen molar-refractivity contribution in [3.63, 3.8) is 0 Å². The Hall–Kier alpha value is -1.49. The summed E-state index contributed by atoms with van der Waals surface area (Å²) in [7, 11) is 0. The molecule has 116 valence electrons. The summed E-state index contributed by atoms with van der Waals surface area (Å²) >= 11 is 0. The van der Waals surface area contributed by atoms with E-state index in [0.29, 0.717) is 5.56 Å². The summed E-state index contributed by atoms with van der Waals surface area (Å²) < 4.78 is 25.6. The Balaban J connectivity index is 2.14. The van der Waals surface area contributed by atoms with Crippen LogP contribution in [0, 0.1) is 0 Å². The van der Waals surface area contributed by atoms with E-state index >= 15 is 0 Å². The van der Waals surface area contributed by atoms with Crippen molar-refractivity contribution in [3.05, 3.63) is 35.4 Å². The molecular formula is C16H22F2N2O. The number of halogens is 2. The molecule has 0 bridgehead atoms. The average molecular weight is 296 g/mol. The molecule has 5 heteroatoms. The Morgan fingerprint density at radius 3 is 2.33 bits per heavy atom. The fourth-order valence-electron chi connectivity index (χ4n) is 2.90. The number of alkyl halides is 2. The van der Waals surface area contributed by atoms with Gasteiger partial charge < -0.3 is 5.73 Å². The lowest BCUT2D eigenvalue weighted by Crippen LogP contribution is -2.40. The van der Waals surface area contributed by atoms with E-state index in [2.05, 4.69) is 5.32 Å². The smallest absolute Gasteiger partial charge is 0.263 e. The quantitative estimate of drug-likeness (QED) is 0.818. The number of benzene rings is 1. The van der Waals surface area contributed by atoms with Crippen LogP contribution in [0.15, 0.2) is 24.3 Å². The Labute approximate surface area is 123 Å². The first kappa shape index (κ1) is 15.9. The SMILES string of the molecule is NC(=O)C(NC1CCCCCC1)c1cccc(C(F)F)c1. The van der Waals surface area contributed by atoms with Gasteiger partial charge in [0.25, 0.3) is 6.43 Å². The molecule has 1 atom stereocenters. The van der Waals surface area contributed by atoms with Crippen molar-refractivity contribution in [2.24, 2.45) is 5.73 Å². The third kappa shape index (κ3) is 4.49. The predicted molar refractivity (Wildman–Crippen MR) is 78.0 cm³/mol. The summed E-state index contributed by atoms with van der Waals surface area (Å²) in [6, 6.07) is 5.46. The van der Waals surface area contributed by atoms with Crippen molar-refractivity contribution >= 4 is 5.91 Å². The second-order valence-corrected chi connectivity index (χ2v) is 5.66. The van der Waals surface area contributed by atoms with Crippen molar-refractivity contribution in [1.29, 1.82) is 0 Å². The maximum Gasteiger partial charge on any atom is 0.263 e. The number of nitrogens with two attached hydrogens (primary N) is 1. The number of carbonyl (C=O) groups excluding carboxylic acids is 1. The van der Waals surface area contributed by atoms with E-state index < -0.39 is 18.4 Å². The number of amides is 1. The highest BCUT2D eigenvalue weighted by Crippen LogP contribution is 2.25. The molecule has 1 saturated carbocycles. The summed E-state index contributed by atoms with van der Waals surface area (Å²) in [5.74, 6) is -0.523. The number of hydrogen-bond donors (Lipinski definition) is 2. The predicted octanol–water partition coefficient (Wildman–Crippen LogP) is 3.46. The van der Waals surface area contributed by atoms with Gasteiger partial charge in [0.15, 0.2) is 0 Å². The van der Waals surface area contributed by atoms with Gasteiger partial charge in [-0.15, -0.1) is 0 Å². The van der Waals surface area contributed by atoms with E-state index in [4.69, 9.17) is 5.73 Å². The van der Waals surface area contributed by atoms with Crippen LogP contribution in [0.3, 0.4) is 0 Å². The molecule has 1 fully saturated rings. The number of rotatable bonds is 5. The zero-order valence-electron chi connectivity index (χ0n) is 12.0. The van der Waals surface area contributed by atoms with Crippen LogP contribution in [-0.2, 0) is 4.79 Å². The molecule has 1 aliphatic rings. The molecule has 21 heavy (non-hydrogen) atoms. The first-order valence-electron chi connectivity index (χ1n) is 7.51. The minimum atomic E-state index is -2.55. The average Bonchev–Trinajstić information content (AvgIpc) is 2.73. The van der Waals surface area contributed by atoms with E-state index in [1.807, 2.05) is 0 Å². The Morgan fingerprint density at radius 1 is 1.14 bits per heavy atom. The van der Waals surface area contributed by atoms with Gasteiger partial charge in [0.1, 0.15) is 6.04 Å². The summed E-state index contributed by atoms with van der Waals surface area (Å²) in [5.41, 5.74) is 5.90. The molecule has 0 aromatic heterocycles. The lowest BCUT2D eigenvalue weighted by atomic mass is 10.0. The Morgan fingerprint density at radius 2 is 1.76 bits per heavy atom. The molecule has 1 aliphatic carbocycles. The van der Waals surface area contributed by atoms with E-state index in [0.717, 1.165) is 25.7 Å². The van der Waals surface area contributed by atoms with Gasteiger partial charge in [0.05, 0.1) is 0 Å². The fourth-order valence-corrected chi connectivity index (χ4v) is 2.90. The number of carbonyl (C=O) groups is 1. The summed E-state index contributed by atoms with van der Waals surface area (Å²) in [4.78, 5) is 11.7. The van der Waals surface area contributed by atoms with Crippen molar-refractivity contribution in [3.8, 4) is 0 Å². The van der Waals surface area contributed by atoms with Crippen molar-refractivity contribution in [2.45, 2.75) is 57.0 Å². The second-order valence-electron chi connectivity index (χ2n) is 5.66. The van der Waals surface area contributed by atoms with Crippen LogP contribution in [0.25, 0.3) is 0 Å². The molecule has 1 aromatic rings. The molecule has 1 unspecified atom stereocenters. The highest BCUT2D eigenvalue weighted by molar-refractivity contribution is 5.81. The molecule has 3 nitrogen and oxygen atoms in total. The van der Waals surface area contributed by atoms with Gasteiger partial charge in [-0.25, -0.2) is 8.78 Å². The summed E-state index contributed by atoms with van der Waals surface area (Å²) in [6.45, 7) is 0. The van der Waals surface area contributed by atoms with Gasteiger partial charge in [-0.1, -0.05) is 43.9 Å². The van der Waals surface area contributed by atoms with Gasteiger partial charge in [0, 0.05) is 11.6 Å². The van der Waals surface area contributed by atoms with Gasteiger partial charge in [-0.2, -0.15) is 0 Å². The minimum absolute atomic E-state index is 0.0820. The molecule has 0 aliphatic heterocycles. The molecule has 1 amide bonds. The monoisotopic (exact) mass is 296 g/mol. The van der Waals surface area contributed by atoms with Gasteiger partial charge in [-0.05, 0) is 24.5 Å². The fraction of sp³-hybridized carbons (Fsp3) is 0.562. The third-order valence-corrected chi connectivity index (χ3v) is 4.04. The Kier molecular flexibility index (Phi) is 5.67. The van der Waals surface area contributed by atoms with Crippen LogP contribution in [0.2, 0.25) is 0 Å². The molecule has 0 saturated heterocycles. The van der Waals surface area contributed by atoms with Crippen molar-refractivity contribution < 1.29 is 13.6 Å². The Bertz CT molecular complexity index is 471. The zero-order chi connectivity index (χ0) is 15.2. The molecule has 3 N–H and O–H groups in total. The van der Waals surface area contributed by atoms with Crippen molar-refractivity contribution in [2.75, 3.05) is 0 Å². The van der Waals surface area contributed by atoms with E-state index in [1.165, 1.54) is 25.0 Å². The maximum absolute atomic E-state index is 12.8. The molecule has 0 radical (unpaired) electrons.